The minimum Gasteiger partial charge on any atom is -0.393 e. The van der Waals surface area contributed by atoms with Crippen LogP contribution in [0.15, 0.2) is 18.2 Å². The Kier molecular flexibility index (Phi) is 4.15. The summed E-state index contributed by atoms with van der Waals surface area (Å²) < 4.78 is 13.9. The molecule has 0 aliphatic heterocycles. The molecule has 1 aromatic carbocycles. The molecule has 3 nitrogen and oxygen atoms in total. The van der Waals surface area contributed by atoms with E-state index in [2.05, 4.69) is 5.32 Å². The van der Waals surface area contributed by atoms with Crippen LogP contribution in [-0.4, -0.2) is 23.7 Å². The summed E-state index contributed by atoms with van der Waals surface area (Å²) in [6.07, 6.45) is 2.37. The molecular formula is C15H15ClFNO2S. The Morgan fingerprint density at radius 2 is 2.29 bits per heavy atom. The van der Waals surface area contributed by atoms with Gasteiger partial charge in [-0.1, -0.05) is 18.0 Å². The maximum Gasteiger partial charge on any atom is 0.262 e. The van der Waals surface area contributed by atoms with Crippen molar-refractivity contribution in [1.82, 2.24) is 5.32 Å². The molecular weight excluding hydrogens is 313 g/mol. The van der Waals surface area contributed by atoms with Gasteiger partial charge in [0.2, 0.25) is 0 Å². The summed E-state index contributed by atoms with van der Waals surface area (Å²) in [5, 5.41) is 13.6. The molecule has 1 heterocycles. The third-order valence-corrected chi connectivity index (χ3v) is 5.60. The Balaban J connectivity index is 1.76. The average Bonchev–Trinajstić information content (AvgIpc) is 3.00. The van der Waals surface area contributed by atoms with Gasteiger partial charge in [-0.25, -0.2) is 4.39 Å². The van der Waals surface area contributed by atoms with Crippen LogP contribution >= 0.6 is 22.9 Å². The number of rotatable bonds is 3. The number of thiophene rings is 1. The van der Waals surface area contributed by atoms with E-state index in [1.807, 2.05) is 0 Å². The first kappa shape index (κ1) is 14.8. The Hall–Kier alpha value is -1.17. The highest BCUT2D eigenvalue weighted by molar-refractivity contribution is 7.21. The van der Waals surface area contributed by atoms with E-state index >= 15 is 0 Å². The van der Waals surface area contributed by atoms with Gasteiger partial charge in [0.1, 0.15) is 10.7 Å². The third kappa shape index (κ3) is 2.91. The minimum absolute atomic E-state index is 0.111. The SMILES string of the molecule is O=C(NCC1CCCC1O)c1sc2cc(F)ccc2c1Cl. The van der Waals surface area contributed by atoms with Gasteiger partial charge >= 0.3 is 0 Å². The molecule has 2 atom stereocenters. The summed E-state index contributed by atoms with van der Waals surface area (Å²) in [6, 6.07) is 4.29. The van der Waals surface area contributed by atoms with Crippen LogP contribution in [0.2, 0.25) is 5.02 Å². The van der Waals surface area contributed by atoms with Crippen molar-refractivity contribution in [1.29, 1.82) is 0 Å². The lowest BCUT2D eigenvalue weighted by atomic mass is 10.1. The monoisotopic (exact) mass is 327 g/mol. The first-order chi connectivity index (χ1) is 10.1. The molecule has 0 bridgehead atoms. The molecule has 1 fully saturated rings. The van der Waals surface area contributed by atoms with Crippen LogP contribution in [-0.2, 0) is 0 Å². The number of hydrogen-bond acceptors (Lipinski definition) is 3. The van der Waals surface area contributed by atoms with E-state index in [1.54, 1.807) is 6.07 Å². The number of amides is 1. The highest BCUT2D eigenvalue weighted by Gasteiger charge is 2.26. The van der Waals surface area contributed by atoms with Crippen LogP contribution in [0.3, 0.4) is 0 Å². The molecule has 0 saturated heterocycles. The first-order valence-electron chi connectivity index (χ1n) is 6.90. The predicted molar refractivity (Wildman–Crippen MR) is 82.5 cm³/mol. The van der Waals surface area contributed by atoms with Crippen molar-refractivity contribution in [3.05, 3.63) is 33.9 Å². The number of fused-ring (bicyclic) bond motifs is 1. The number of hydrogen-bond donors (Lipinski definition) is 2. The second-order valence-electron chi connectivity index (χ2n) is 5.35. The molecule has 2 aromatic rings. The van der Waals surface area contributed by atoms with E-state index in [0.717, 1.165) is 19.3 Å². The number of carbonyl (C=O) groups is 1. The van der Waals surface area contributed by atoms with Crippen molar-refractivity contribution in [2.75, 3.05) is 6.54 Å². The van der Waals surface area contributed by atoms with Crippen LogP contribution < -0.4 is 5.32 Å². The van der Waals surface area contributed by atoms with Gasteiger partial charge in [-0.15, -0.1) is 11.3 Å². The highest BCUT2D eigenvalue weighted by Crippen LogP contribution is 2.35. The average molecular weight is 328 g/mol. The molecule has 1 aromatic heterocycles. The summed E-state index contributed by atoms with van der Waals surface area (Å²) in [6.45, 7) is 0.443. The highest BCUT2D eigenvalue weighted by atomic mass is 35.5. The fourth-order valence-electron chi connectivity index (χ4n) is 2.74. The number of aliphatic hydroxyl groups excluding tert-OH is 1. The molecule has 1 amide bonds. The van der Waals surface area contributed by atoms with Crippen LogP contribution in [0, 0.1) is 11.7 Å². The largest absolute Gasteiger partial charge is 0.393 e. The molecule has 3 rings (SSSR count). The smallest absolute Gasteiger partial charge is 0.262 e. The molecule has 112 valence electrons. The molecule has 0 radical (unpaired) electrons. The predicted octanol–water partition coefficient (Wildman–Crippen LogP) is 3.58. The second-order valence-corrected chi connectivity index (χ2v) is 6.78. The van der Waals surface area contributed by atoms with Crippen molar-refractivity contribution < 1.29 is 14.3 Å². The lowest BCUT2D eigenvalue weighted by molar-refractivity contribution is 0.0921. The second kappa shape index (κ2) is 5.91. The van der Waals surface area contributed by atoms with Gasteiger partial charge in [-0.05, 0) is 31.0 Å². The normalized spacial score (nSPS) is 21.9. The van der Waals surface area contributed by atoms with E-state index in [4.69, 9.17) is 11.6 Å². The van der Waals surface area contributed by atoms with Crippen molar-refractivity contribution in [3.63, 3.8) is 0 Å². The topological polar surface area (TPSA) is 49.3 Å². The van der Waals surface area contributed by atoms with Crippen molar-refractivity contribution in [3.8, 4) is 0 Å². The number of benzene rings is 1. The molecule has 2 N–H and O–H groups in total. The number of aliphatic hydroxyl groups is 1. The third-order valence-electron chi connectivity index (χ3n) is 3.94. The van der Waals surface area contributed by atoms with E-state index in [9.17, 15) is 14.3 Å². The van der Waals surface area contributed by atoms with Crippen LogP contribution in [0.5, 0.6) is 0 Å². The Morgan fingerprint density at radius 3 is 3.00 bits per heavy atom. The molecule has 0 spiro atoms. The van der Waals surface area contributed by atoms with Gasteiger partial charge in [-0.2, -0.15) is 0 Å². The van der Waals surface area contributed by atoms with E-state index in [1.165, 1.54) is 23.5 Å². The van der Waals surface area contributed by atoms with Crippen molar-refractivity contribution in [2.45, 2.75) is 25.4 Å². The Morgan fingerprint density at radius 1 is 1.48 bits per heavy atom. The van der Waals surface area contributed by atoms with E-state index < -0.39 is 0 Å². The van der Waals surface area contributed by atoms with Crippen LogP contribution in [0.1, 0.15) is 28.9 Å². The van der Waals surface area contributed by atoms with E-state index in [-0.39, 0.29) is 23.7 Å². The fraction of sp³-hybridized carbons (Fsp3) is 0.400. The maximum atomic E-state index is 13.2. The van der Waals surface area contributed by atoms with E-state index in [0.29, 0.717) is 26.5 Å². The lowest BCUT2D eigenvalue weighted by Gasteiger charge is -2.14. The van der Waals surface area contributed by atoms with Crippen LogP contribution in [0.25, 0.3) is 10.1 Å². The zero-order valence-electron chi connectivity index (χ0n) is 11.2. The van der Waals surface area contributed by atoms with Crippen LogP contribution in [0.4, 0.5) is 4.39 Å². The van der Waals surface area contributed by atoms with Gasteiger partial charge in [-0.3, -0.25) is 4.79 Å². The summed E-state index contributed by atoms with van der Waals surface area (Å²) in [7, 11) is 0. The maximum absolute atomic E-state index is 13.2. The molecule has 2 unspecified atom stereocenters. The van der Waals surface area contributed by atoms with Gasteiger partial charge in [0.05, 0.1) is 11.1 Å². The quantitative estimate of drug-likeness (QED) is 0.905. The van der Waals surface area contributed by atoms with Gasteiger partial charge in [0, 0.05) is 22.5 Å². The first-order valence-corrected chi connectivity index (χ1v) is 8.09. The number of halogens is 2. The Labute approximate surface area is 130 Å². The standard InChI is InChI=1S/C15H15ClFNO2S/c16-13-10-5-4-9(17)6-12(10)21-14(13)15(20)18-7-8-2-1-3-11(8)19/h4-6,8,11,19H,1-3,7H2,(H,18,20). The summed E-state index contributed by atoms with van der Waals surface area (Å²) in [5.74, 6) is -0.498. The summed E-state index contributed by atoms with van der Waals surface area (Å²) >= 11 is 7.39. The Bertz CT molecular complexity index is 688. The minimum atomic E-state index is -0.346. The van der Waals surface area contributed by atoms with Crippen molar-refractivity contribution in [2.24, 2.45) is 5.92 Å². The molecule has 6 heteroatoms. The van der Waals surface area contributed by atoms with Gasteiger partial charge in [0.25, 0.3) is 5.91 Å². The zero-order chi connectivity index (χ0) is 15.0. The summed E-state index contributed by atoms with van der Waals surface area (Å²) in [5.41, 5.74) is 0. The number of carbonyl (C=O) groups excluding carboxylic acids is 1. The molecule has 21 heavy (non-hydrogen) atoms. The molecule has 1 aliphatic rings. The van der Waals surface area contributed by atoms with Crippen molar-refractivity contribution >= 4 is 38.9 Å². The molecule has 1 aliphatic carbocycles. The van der Waals surface area contributed by atoms with Gasteiger partial charge < -0.3 is 10.4 Å². The fourth-order valence-corrected chi connectivity index (χ4v) is 4.20. The number of nitrogens with one attached hydrogen (secondary N) is 1. The molecule has 1 saturated carbocycles. The van der Waals surface area contributed by atoms with Gasteiger partial charge in [0.15, 0.2) is 0 Å². The lowest BCUT2D eigenvalue weighted by Crippen LogP contribution is -2.32. The zero-order valence-corrected chi connectivity index (χ0v) is 12.8. The summed E-state index contributed by atoms with van der Waals surface area (Å²) in [4.78, 5) is 12.6.